The quantitative estimate of drug-likeness (QED) is 0.650. The molecule has 0 atom stereocenters. The van der Waals surface area contributed by atoms with Crippen molar-refractivity contribution in [2.45, 2.75) is 37.1 Å². The van der Waals surface area contributed by atoms with Crippen molar-refractivity contribution in [2.24, 2.45) is 0 Å². The summed E-state index contributed by atoms with van der Waals surface area (Å²) in [6, 6.07) is 13.9. The average molecular weight is 433 g/mol. The number of phenolic OH excluding ortho intramolecular Hbond substituents is 1. The molecule has 2 aromatic carbocycles. The van der Waals surface area contributed by atoms with Crippen LogP contribution in [0.3, 0.4) is 0 Å². The lowest BCUT2D eigenvalue weighted by molar-refractivity contribution is 0.473. The first-order chi connectivity index (χ1) is 13.5. The van der Waals surface area contributed by atoms with E-state index in [1.807, 2.05) is 25.2 Å². The number of aromatic hydroxyl groups is 1. The number of hydrogen-bond acceptors (Lipinski definition) is 4. The lowest BCUT2D eigenvalue weighted by Crippen LogP contribution is -2.14. The monoisotopic (exact) mass is 432 g/mol. The van der Waals surface area contributed by atoms with E-state index in [1.54, 1.807) is 12.3 Å². The van der Waals surface area contributed by atoms with Crippen LogP contribution in [0.15, 0.2) is 59.6 Å². The van der Waals surface area contributed by atoms with Gasteiger partial charge in [0.1, 0.15) is 5.75 Å². The molecule has 3 aromatic rings. The molecular formula is C22H25ClN2O3S. The van der Waals surface area contributed by atoms with Gasteiger partial charge in [-0.1, -0.05) is 30.3 Å². The third kappa shape index (κ3) is 3.92. The fourth-order valence-corrected chi connectivity index (χ4v) is 5.47. The second-order valence-electron chi connectivity index (χ2n) is 7.17. The number of benzene rings is 2. The molecule has 1 heterocycles. The van der Waals surface area contributed by atoms with E-state index < -0.39 is 10.0 Å². The van der Waals surface area contributed by atoms with Gasteiger partial charge >= 0.3 is 0 Å². The van der Waals surface area contributed by atoms with Crippen molar-refractivity contribution < 1.29 is 13.5 Å². The van der Waals surface area contributed by atoms with Crippen molar-refractivity contribution in [3.05, 3.63) is 71.4 Å². The molecule has 0 amide bonds. The minimum Gasteiger partial charge on any atom is -0.508 e. The minimum absolute atomic E-state index is 0. The van der Waals surface area contributed by atoms with Crippen LogP contribution in [0.1, 0.15) is 29.5 Å². The van der Waals surface area contributed by atoms with Crippen molar-refractivity contribution in [3.63, 3.8) is 0 Å². The summed E-state index contributed by atoms with van der Waals surface area (Å²) in [6.45, 7) is 0.604. The predicted molar refractivity (Wildman–Crippen MR) is 117 cm³/mol. The molecule has 1 aromatic heterocycles. The van der Waals surface area contributed by atoms with E-state index in [4.69, 9.17) is 0 Å². The van der Waals surface area contributed by atoms with Crippen LogP contribution in [0.2, 0.25) is 0 Å². The second-order valence-corrected chi connectivity index (χ2v) is 8.99. The molecule has 0 aliphatic heterocycles. The van der Waals surface area contributed by atoms with E-state index in [-0.39, 0.29) is 23.1 Å². The number of phenols is 1. The van der Waals surface area contributed by atoms with Crippen LogP contribution in [-0.2, 0) is 29.4 Å². The standard InChI is InChI=1S/C22H24N2O3S.ClH/c1-23-14-17-15-24(28(26,27)19-10-6-9-18(25)13-19)22-20-11-4-2-7-16(20)8-3-5-12-21(17)22;/h2,4,6-7,9-11,13,15,23,25H,3,5,8,12,14H2,1H3;1H. The molecule has 0 bridgehead atoms. The maximum absolute atomic E-state index is 13.5. The molecule has 0 fully saturated rings. The Morgan fingerprint density at radius 1 is 1.07 bits per heavy atom. The summed E-state index contributed by atoms with van der Waals surface area (Å²) in [7, 11) is -1.98. The zero-order valence-electron chi connectivity index (χ0n) is 16.3. The van der Waals surface area contributed by atoms with Gasteiger partial charge in [0.25, 0.3) is 10.0 Å². The van der Waals surface area contributed by atoms with Gasteiger partial charge in [0, 0.05) is 24.4 Å². The Kier molecular flexibility index (Phi) is 6.36. The fourth-order valence-electron chi connectivity index (χ4n) is 4.01. The zero-order chi connectivity index (χ0) is 19.7. The van der Waals surface area contributed by atoms with Crippen LogP contribution in [0.4, 0.5) is 0 Å². The molecule has 0 saturated heterocycles. The van der Waals surface area contributed by atoms with Crippen molar-refractivity contribution in [3.8, 4) is 17.0 Å². The third-order valence-electron chi connectivity index (χ3n) is 5.30. The Morgan fingerprint density at radius 2 is 1.83 bits per heavy atom. The minimum atomic E-state index is -3.84. The normalized spacial score (nSPS) is 13.6. The summed E-state index contributed by atoms with van der Waals surface area (Å²) in [5.41, 5.74) is 4.99. The Morgan fingerprint density at radius 3 is 2.59 bits per heavy atom. The summed E-state index contributed by atoms with van der Waals surface area (Å²) >= 11 is 0. The Labute approximate surface area is 177 Å². The Balaban J connectivity index is 0.00000240. The molecule has 1 aliphatic carbocycles. The van der Waals surface area contributed by atoms with Gasteiger partial charge in [-0.05, 0) is 61.6 Å². The SMILES string of the molecule is CNCc1cn(S(=O)(=O)c2cccc(O)c2)c2c1CCCCc1ccccc1-2.Cl. The second kappa shape index (κ2) is 8.61. The zero-order valence-corrected chi connectivity index (χ0v) is 17.9. The smallest absolute Gasteiger partial charge is 0.268 e. The van der Waals surface area contributed by atoms with E-state index in [9.17, 15) is 13.5 Å². The van der Waals surface area contributed by atoms with E-state index in [2.05, 4.69) is 11.4 Å². The number of nitrogens with zero attached hydrogens (tertiary/aromatic N) is 1. The Hall–Kier alpha value is -2.28. The highest BCUT2D eigenvalue weighted by atomic mass is 35.5. The molecule has 0 spiro atoms. The summed E-state index contributed by atoms with van der Waals surface area (Å²) < 4.78 is 28.4. The molecule has 5 nitrogen and oxygen atoms in total. The maximum Gasteiger partial charge on any atom is 0.268 e. The highest BCUT2D eigenvalue weighted by Crippen LogP contribution is 2.37. The Bertz CT molecular complexity index is 1120. The van der Waals surface area contributed by atoms with Gasteiger partial charge in [-0.15, -0.1) is 12.4 Å². The van der Waals surface area contributed by atoms with E-state index >= 15 is 0 Å². The fraction of sp³-hybridized carbons (Fsp3) is 0.273. The molecule has 7 heteroatoms. The van der Waals surface area contributed by atoms with Crippen molar-refractivity contribution >= 4 is 22.4 Å². The average Bonchev–Trinajstić information content (AvgIpc) is 3.02. The molecule has 0 unspecified atom stereocenters. The molecule has 0 radical (unpaired) electrons. The summed E-state index contributed by atoms with van der Waals surface area (Å²) in [4.78, 5) is 0.0841. The number of fused-ring (bicyclic) bond motifs is 3. The van der Waals surface area contributed by atoms with Crippen LogP contribution in [-0.4, -0.2) is 24.5 Å². The molecule has 1 aliphatic rings. The van der Waals surface area contributed by atoms with Crippen LogP contribution in [0.5, 0.6) is 5.75 Å². The summed E-state index contributed by atoms with van der Waals surface area (Å²) in [5, 5.41) is 13.0. The van der Waals surface area contributed by atoms with E-state index in [0.29, 0.717) is 6.54 Å². The molecule has 2 N–H and O–H groups in total. The van der Waals surface area contributed by atoms with Gasteiger partial charge in [-0.3, -0.25) is 0 Å². The van der Waals surface area contributed by atoms with Crippen molar-refractivity contribution in [1.29, 1.82) is 0 Å². The maximum atomic E-state index is 13.5. The van der Waals surface area contributed by atoms with Gasteiger partial charge in [0.2, 0.25) is 0 Å². The molecule has 154 valence electrons. The van der Waals surface area contributed by atoms with Gasteiger partial charge in [-0.25, -0.2) is 12.4 Å². The number of aromatic nitrogens is 1. The van der Waals surface area contributed by atoms with Gasteiger partial charge in [-0.2, -0.15) is 0 Å². The highest BCUT2D eigenvalue weighted by molar-refractivity contribution is 7.90. The number of nitrogens with one attached hydrogen (secondary N) is 1. The predicted octanol–water partition coefficient (Wildman–Crippen LogP) is 4.12. The van der Waals surface area contributed by atoms with Gasteiger partial charge in [0.05, 0.1) is 10.6 Å². The van der Waals surface area contributed by atoms with Gasteiger partial charge in [0.15, 0.2) is 0 Å². The summed E-state index contributed by atoms with van der Waals surface area (Å²) in [6.07, 6.45) is 5.63. The van der Waals surface area contributed by atoms with Crippen LogP contribution < -0.4 is 5.32 Å². The number of aryl methyl sites for hydroxylation is 1. The first kappa shape index (κ1) is 21.4. The first-order valence-corrected chi connectivity index (χ1v) is 11.0. The van der Waals surface area contributed by atoms with Crippen molar-refractivity contribution in [2.75, 3.05) is 7.05 Å². The van der Waals surface area contributed by atoms with E-state index in [1.165, 1.54) is 27.7 Å². The number of rotatable bonds is 4. The van der Waals surface area contributed by atoms with Crippen LogP contribution >= 0.6 is 12.4 Å². The van der Waals surface area contributed by atoms with E-state index in [0.717, 1.165) is 48.1 Å². The molecule has 0 saturated carbocycles. The highest BCUT2D eigenvalue weighted by Gasteiger charge is 2.28. The molecule has 29 heavy (non-hydrogen) atoms. The lowest BCUT2D eigenvalue weighted by Gasteiger charge is -2.18. The lowest BCUT2D eigenvalue weighted by atomic mass is 9.91. The number of hydrogen-bond donors (Lipinski definition) is 2. The van der Waals surface area contributed by atoms with Crippen LogP contribution in [0, 0.1) is 0 Å². The largest absolute Gasteiger partial charge is 0.508 e. The third-order valence-corrected chi connectivity index (χ3v) is 6.96. The van der Waals surface area contributed by atoms with Crippen LogP contribution in [0.25, 0.3) is 11.3 Å². The van der Waals surface area contributed by atoms with Gasteiger partial charge < -0.3 is 10.4 Å². The first-order valence-electron chi connectivity index (χ1n) is 9.53. The summed E-state index contributed by atoms with van der Waals surface area (Å²) in [5.74, 6) is -0.0630. The molecular weight excluding hydrogens is 408 g/mol. The topological polar surface area (TPSA) is 71.3 Å². The number of halogens is 1. The molecule has 4 rings (SSSR count). The van der Waals surface area contributed by atoms with Crippen molar-refractivity contribution in [1.82, 2.24) is 9.29 Å².